The minimum Gasteiger partial charge on any atom is -0.465 e. The van der Waals surface area contributed by atoms with Gasteiger partial charge in [-0.25, -0.2) is 4.79 Å². The first-order valence-electron chi connectivity index (χ1n) is 5.71. The number of non-ortho nitro benzene ring substituents is 1. The van der Waals surface area contributed by atoms with E-state index >= 15 is 0 Å². The first-order chi connectivity index (χ1) is 9.61. The molecule has 2 aromatic carbocycles. The van der Waals surface area contributed by atoms with Crippen molar-refractivity contribution >= 4 is 11.7 Å². The second kappa shape index (κ2) is 5.83. The van der Waals surface area contributed by atoms with E-state index in [1.165, 1.54) is 31.4 Å². The molecule has 0 unspecified atom stereocenters. The maximum atomic E-state index is 11.6. The quantitative estimate of drug-likeness (QED) is 0.485. The Morgan fingerprint density at radius 1 is 1.10 bits per heavy atom. The van der Waals surface area contributed by atoms with Crippen LogP contribution in [0.15, 0.2) is 48.5 Å². The fourth-order valence-electron chi connectivity index (χ4n) is 1.60. The van der Waals surface area contributed by atoms with E-state index in [0.717, 1.165) is 0 Å². The minimum atomic E-state index is -0.512. The monoisotopic (exact) mass is 273 g/mol. The van der Waals surface area contributed by atoms with Crippen LogP contribution < -0.4 is 4.74 Å². The van der Waals surface area contributed by atoms with E-state index in [0.29, 0.717) is 11.5 Å². The number of carbonyl (C=O) groups is 1. The lowest BCUT2D eigenvalue weighted by Crippen LogP contribution is -2.03. The van der Waals surface area contributed by atoms with Crippen molar-refractivity contribution in [3.8, 4) is 11.5 Å². The number of hydrogen-bond acceptors (Lipinski definition) is 5. The van der Waals surface area contributed by atoms with Gasteiger partial charge in [0.2, 0.25) is 0 Å². The Hall–Kier alpha value is -2.89. The molecule has 6 heteroatoms. The van der Waals surface area contributed by atoms with E-state index in [2.05, 4.69) is 4.74 Å². The van der Waals surface area contributed by atoms with Crippen LogP contribution in [0.2, 0.25) is 0 Å². The van der Waals surface area contributed by atoms with Crippen LogP contribution in [0.4, 0.5) is 5.69 Å². The lowest BCUT2D eigenvalue weighted by Gasteiger charge is -2.09. The Labute approximate surface area is 114 Å². The van der Waals surface area contributed by atoms with Crippen molar-refractivity contribution in [3.05, 3.63) is 64.2 Å². The molecule has 0 bridgehead atoms. The number of nitro groups is 1. The summed E-state index contributed by atoms with van der Waals surface area (Å²) in [4.78, 5) is 21.6. The molecule has 0 atom stereocenters. The topological polar surface area (TPSA) is 78.7 Å². The van der Waals surface area contributed by atoms with Gasteiger partial charge in [0.25, 0.3) is 5.69 Å². The molecule has 0 saturated heterocycles. The second-order valence-electron chi connectivity index (χ2n) is 3.84. The smallest absolute Gasteiger partial charge is 0.341 e. The van der Waals surface area contributed by atoms with E-state index in [1.54, 1.807) is 24.3 Å². The first-order valence-corrected chi connectivity index (χ1v) is 5.71. The van der Waals surface area contributed by atoms with Gasteiger partial charge in [0, 0.05) is 12.1 Å². The van der Waals surface area contributed by atoms with Crippen LogP contribution >= 0.6 is 0 Å². The van der Waals surface area contributed by atoms with Gasteiger partial charge in [-0.3, -0.25) is 10.1 Å². The Bertz CT molecular complexity index is 636. The van der Waals surface area contributed by atoms with E-state index in [4.69, 9.17) is 4.74 Å². The third-order valence-electron chi connectivity index (χ3n) is 2.57. The molecule has 0 aliphatic rings. The number of nitrogens with zero attached hydrogens (tertiary/aromatic N) is 1. The van der Waals surface area contributed by atoms with Gasteiger partial charge >= 0.3 is 5.97 Å². The zero-order chi connectivity index (χ0) is 14.5. The molecule has 2 rings (SSSR count). The summed E-state index contributed by atoms with van der Waals surface area (Å²) in [7, 11) is 1.28. The molecule has 0 aliphatic carbocycles. The van der Waals surface area contributed by atoms with Crippen molar-refractivity contribution in [1.29, 1.82) is 0 Å². The highest BCUT2D eigenvalue weighted by Gasteiger charge is 2.13. The molecule has 0 aromatic heterocycles. The van der Waals surface area contributed by atoms with Gasteiger partial charge in [-0.1, -0.05) is 12.1 Å². The van der Waals surface area contributed by atoms with Gasteiger partial charge < -0.3 is 9.47 Å². The summed E-state index contributed by atoms with van der Waals surface area (Å²) in [6.07, 6.45) is 0. The molecule has 6 nitrogen and oxygen atoms in total. The number of para-hydroxylation sites is 1. The zero-order valence-electron chi connectivity index (χ0n) is 10.6. The van der Waals surface area contributed by atoms with Crippen LogP contribution in [0.3, 0.4) is 0 Å². The Morgan fingerprint density at radius 3 is 2.35 bits per heavy atom. The summed E-state index contributed by atoms with van der Waals surface area (Å²) in [5.74, 6) is 0.211. The highest BCUT2D eigenvalue weighted by Crippen LogP contribution is 2.27. The third-order valence-corrected chi connectivity index (χ3v) is 2.57. The number of rotatable bonds is 4. The van der Waals surface area contributed by atoms with Crippen molar-refractivity contribution < 1.29 is 19.2 Å². The number of esters is 1. The summed E-state index contributed by atoms with van der Waals surface area (Å²) in [5.41, 5.74) is 0.256. The Balaban J connectivity index is 2.26. The van der Waals surface area contributed by atoms with Gasteiger partial charge in [-0.05, 0) is 24.3 Å². The zero-order valence-corrected chi connectivity index (χ0v) is 10.6. The number of hydrogen-bond donors (Lipinski definition) is 0. The van der Waals surface area contributed by atoms with E-state index < -0.39 is 10.9 Å². The fourth-order valence-corrected chi connectivity index (χ4v) is 1.60. The van der Waals surface area contributed by atoms with E-state index in [1.807, 2.05) is 0 Å². The number of nitro benzene ring substituents is 1. The van der Waals surface area contributed by atoms with Crippen molar-refractivity contribution in [2.45, 2.75) is 0 Å². The lowest BCUT2D eigenvalue weighted by atomic mass is 10.2. The highest BCUT2D eigenvalue weighted by molar-refractivity contribution is 5.92. The highest BCUT2D eigenvalue weighted by atomic mass is 16.6. The first kappa shape index (κ1) is 13.5. The maximum absolute atomic E-state index is 11.6. The summed E-state index contributed by atoms with van der Waals surface area (Å²) >= 11 is 0. The van der Waals surface area contributed by atoms with E-state index in [9.17, 15) is 14.9 Å². The van der Waals surface area contributed by atoms with Gasteiger partial charge in [0.05, 0.1) is 12.0 Å². The molecule has 2 aromatic rings. The SMILES string of the molecule is COC(=O)c1ccccc1Oc1ccc([N+](=O)[O-])cc1. The van der Waals surface area contributed by atoms with Crippen molar-refractivity contribution in [1.82, 2.24) is 0 Å². The summed E-state index contributed by atoms with van der Waals surface area (Å²) in [6, 6.07) is 12.2. The molecule has 0 aliphatic heterocycles. The van der Waals surface area contributed by atoms with Gasteiger partial charge in [0.1, 0.15) is 17.1 Å². The normalized spacial score (nSPS) is 9.85. The lowest BCUT2D eigenvalue weighted by molar-refractivity contribution is -0.384. The van der Waals surface area contributed by atoms with Crippen LogP contribution in [0, 0.1) is 10.1 Å². The molecule has 0 saturated carbocycles. The molecular weight excluding hydrogens is 262 g/mol. The van der Waals surface area contributed by atoms with E-state index in [-0.39, 0.29) is 11.3 Å². The standard InChI is InChI=1S/C14H11NO5/c1-19-14(16)12-4-2-3-5-13(12)20-11-8-6-10(7-9-11)15(17)18/h2-9H,1H3. The number of benzene rings is 2. The molecule has 102 valence electrons. The molecule has 0 amide bonds. The van der Waals surface area contributed by atoms with Gasteiger partial charge in [-0.15, -0.1) is 0 Å². The second-order valence-corrected chi connectivity index (χ2v) is 3.84. The number of methoxy groups -OCH3 is 1. The van der Waals surface area contributed by atoms with Crippen LogP contribution in [-0.4, -0.2) is 18.0 Å². The predicted octanol–water partition coefficient (Wildman–Crippen LogP) is 3.17. The molecular formula is C14H11NO5. The molecule has 0 radical (unpaired) electrons. The Morgan fingerprint density at radius 2 is 1.75 bits per heavy atom. The summed E-state index contributed by atoms with van der Waals surface area (Å²) in [5, 5.41) is 10.6. The Kier molecular flexibility index (Phi) is 3.95. The average molecular weight is 273 g/mol. The largest absolute Gasteiger partial charge is 0.465 e. The predicted molar refractivity (Wildman–Crippen MR) is 71.0 cm³/mol. The van der Waals surface area contributed by atoms with Crippen LogP contribution in [0.5, 0.6) is 11.5 Å². The maximum Gasteiger partial charge on any atom is 0.341 e. The fraction of sp³-hybridized carbons (Fsp3) is 0.0714. The molecule has 0 heterocycles. The number of carbonyl (C=O) groups excluding carboxylic acids is 1. The van der Waals surface area contributed by atoms with Crippen molar-refractivity contribution in [2.75, 3.05) is 7.11 Å². The minimum absolute atomic E-state index is 0.0291. The number of ether oxygens (including phenoxy) is 2. The van der Waals surface area contributed by atoms with Crippen LogP contribution in [-0.2, 0) is 4.74 Å². The third kappa shape index (κ3) is 2.92. The molecule has 0 fully saturated rings. The average Bonchev–Trinajstić information content (AvgIpc) is 2.47. The van der Waals surface area contributed by atoms with Crippen LogP contribution in [0.25, 0.3) is 0 Å². The molecule has 0 spiro atoms. The summed E-state index contributed by atoms with van der Waals surface area (Å²) in [6.45, 7) is 0. The molecule has 0 N–H and O–H groups in total. The van der Waals surface area contributed by atoms with Crippen LogP contribution in [0.1, 0.15) is 10.4 Å². The molecule has 20 heavy (non-hydrogen) atoms. The van der Waals surface area contributed by atoms with Crippen molar-refractivity contribution in [3.63, 3.8) is 0 Å². The van der Waals surface area contributed by atoms with Gasteiger partial charge in [-0.2, -0.15) is 0 Å². The van der Waals surface area contributed by atoms with Crippen molar-refractivity contribution in [2.24, 2.45) is 0 Å². The van der Waals surface area contributed by atoms with Gasteiger partial charge in [0.15, 0.2) is 0 Å². The summed E-state index contributed by atoms with van der Waals surface area (Å²) < 4.78 is 10.2.